The van der Waals surface area contributed by atoms with E-state index in [2.05, 4.69) is 10.4 Å². The molecule has 0 saturated heterocycles. The number of hydrogen-bond donors (Lipinski definition) is 2. The first kappa shape index (κ1) is 16.6. The first-order chi connectivity index (χ1) is 10.8. The van der Waals surface area contributed by atoms with Gasteiger partial charge in [-0.15, -0.1) is 0 Å². The van der Waals surface area contributed by atoms with Crippen LogP contribution in [-0.2, 0) is 7.05 Å². The minimum atomic E-state index is -0.896. The highest BCUT2D eigenvalue weighted by Crippen LogP contribution is 2.22. The molecule has 1 amide bonds. The lowest BCUT2D eigenvalue weighted by Crippen LogP contribution is -2.30. The van der Waals surface area contributed by atoms with Gasteiger partial charge in [-0.3, -0.25) is 19.6 Å². The normalized spacial score (nSPS) is 12.0. The van der Waals surface area contributed by atoms with E-state index in [0.29, 0.717) is 5.56 Å². The maximum atomic E-state index is 12.2. The van der Waals surface area contributed by atoms with Crippen LogP contribution in [-0.4, -0.2) is 32.3 Å². The van der Waals surface area contributed by atoms with Crippen LogP contribution in [0.2, 0.25) is 0 Å². The number of hydrogen-bond acceptors (Lipinski definition) is 5. The molecule has 2 rings (SSSR count). The summed E-state index contributed by atoms with van der Waals surface area (Å²) in [6.07, 6.45) is -0.896. The maximum Gasteiger partial charge on any atom is 0.322 e. The van der Waals surface area contributed by atoms with Crippen LogP contribution in [0.5, 0.6) is 0 Å². The molecule has 8 nitrogen and oxygen atoms in total. The van der Waals surface area contributed by atoms with E-state index in [4.69, 9.17) is 0 Å². The molecule has 1 heterocycles. The lowest BCUT2D eigenvalue weighted by Gasteiger charge is -2.12. The third-order valence-corrected chi connectivity index (χ3v) is 3.47. The van der Waals surface area contributed by atoms with Crippen molar-refractivity contribution in [1.82, 2.24) is 15.1 Å². The van der Waals surface area contributed by atoms with E-state index < -0.39 is 16.9 Å². The summed E-state index contributed by atoms with van der Waals surface area (Å²) >= 11 is 0. The summed E-state index contributed by atoms with van der Waals surface area (Å²) < 4.78 is 1.17. The summed E-state index contributed by atoms with van der Waals surface area (Å²) in [6.45, 7) is 3.32. The van der Waals surface area contributed by atoms with Gasteiger partial charge in [0.25, 0.3) is 5.91 Å². The van der Waals surface area contributed by atoms with Crippen LogP contribution >= 0.6 is 0 Å². The van der Waals surface area contributed by atoms with Gasteiger partial charge in [-0.05, 0) is 19.4 Å². The lowest BCUT2D eigenvalue weighted by molar-refractivity contribution is -0.385. The third kappa shape index (κ3) is 3.54. The third-order valence-electron chi connectivity index (χ3n) is 3.47. The van der Waals surface area contributed by atoms with Crippen molar-refractivity contribution in [2.24, 2.45) is 7.05 Å². The molecule has 0 saturated carbocycles. The standard InChI is InChI=1S/C15H18N4O4/c1-9-5-4-6-11(7-9)12(20)8-16-15(21)14-13(19(22)23)10(2)17-18(14)3/h4-7,12,20H,8H2,1-3H3,(H,16,21). The van der Waals surface area contributed by atoms with Crippen LogP contribution in [0.1, 0.15) is 33.4 Å². The highest BCUT2D eigenvalue weighted by atomic mass is 16.6. The fourth-order valence-corrected chi connectivity index (χ4v) is 2.39. The number of aliphatic hydroxyl groups is 1. The Balaban J connectivity index is 2.13. The Kier molecular flexibility index (Phi) is 4.75. The zero-order valence-corrected chi connectivity index (χ0v) is 13.1. The summed E-state index contributed by atoms with van der Waals surface area (Å²) in [5.74, 6) is -0.647. The molecule has 2 N–H and O–H groups in total. The summed E-state index contributed by atoms with van der Waals surface area (Å²) in [5.41, 5.74) is 1.37. The van der Waals surface area contributed by atoms with Crippen molar-refractivity contribution in [3.05, 3.63) is 56.9 Å². The van der Waals surface area contributed by atoms with Crippen molar-refractivity contribution >= 4 is 11.6 Å². The van der Waals surface area contributed by atoms with E-state index in [9.17, 15) is 20.0 Å². The number of carbonyl (C=O) groups is 1. The van der Waals surface area contributed by atoms with E-state index in [0.717, 1.165) is 5.56 Å². The van der Waals surface area contributed by atoms with Crippen LogP contribution in [0, 0.1) is 24.0 Å². The van der Waals surface area contributed by atoms with Crippen LogP contribution in [0.25, 0.3) is 0 Å². The topological polar surface area (TPSA) is 110 Å². The molecule has 0 aliphatic rings. The first-order valence-corrected chi connectivity index (χ1v) is 7.02. The molecule has 0 bridgehead atoms. The average molecular weight is 318 g/mol. The van der Waals surface area contributed by atoms with Crippen molar-refractivity contribution in [1.29, 1.82) is 0 Å². The summed E-state index contributed by atoms with van der Waals surface area (Å²) in [7, 11) is 1.46. The van der Waals surface area contributed by atoms with E-state index in [1.165, 1.54) is 18.7 Å². The fraction of sp³-hybridized carbons (Fsp3) is 0.333. The second-order valence-electron chi connectivity index (χ2n) is 5.30. The molecule has 23 heavy (non-hydrogen) atoms. The van der Waals surface area contributed by atoms with Crippen molar-refractivity contribution in [2.45, 2.75) is 20.0 Å². The van der Waals surface area contributed by atoms with Crippen LogP contribution in [0.3, 0.4) is 0 Å². The average Bonchev–Trinajstić information content (AvgIpc) is 2.79. The lowest BCUT2D eigenvalue weighted by atomic mass is 10.1. The second kappa shape index (κ2) is 6.57. The molecule has 1 aromatic carbocycles. The summed E-state index contributed by atoms with van der Waals surface area (Å²) in [5, 5.41) is 27.6. The molecule has 0 aliphatic carbocycles. The minimum Gasteiger partial charge on any atom is -0.387 e. The minimum absolute atomic E-state index is 0.0519. The largest absolute Gasteiger partial charge is 0.387 e. The van der Waals surface area contributed by atoms with Gasteiger partial charge < -0.3 is 10.4 Å². The highest BCUT2D eigenvalue weighted by molar-refractivity contribution is 5.96. The fourth-order valence-electron chi connectivity index (χ4n) is 2.39. The molecule has 0 fully saturated rings. The smallest absolute Gasteiger partial charge is 0.322 e. The SMILES string of the molecule is Cc1cccc(C(O)CNC(=O)c2c([N+](=O)[O-])c(C)nn2C)c1. The van der Waals surface area contributed by atoms with Gasteiger partial charge in [-0.2, -0.15) is 5.10 Å². The molecule has 8 heteroatoms. The van der Waals surface area contributed by atoms with Crippen LogP contribution < -0.4 is 5.32 Å². The van der Waals surface area contributed by atoms with Gasteiger partial charge in [0, 0.05) is 13.6 Å². The number of nitrogens with zero attached hydrogens (tertiary/aromatic N) is 3. The monoisotopic (exact) mass is 318 g/mol. The van der Waals surface area contributed by atoms with Gasteiger partial charge >= 0.3 is 5.69 Å². The zero-order chi connectivity index (χ0) is 17.1. The van der Waals surface area contributed by atoms with Gasteiger partial charge in [0.1, 0.15) is 5.69 Å². The van der Waals surface area contributed by atoms with Crippen molar-refractivity contribution < 1.29 is 14.8 Å². The number of aliphatic hydroxyl groups excluding tert-OH is 1. The predicted molar refractivity (Wildman–Crippen MR) is 83.1 cm³/mol. The Morgan fingerprint density at radius 1 is 1.48 bits per heavy atom. The molecule has 2 aromatic rings. The maximum absolute atomic E-state index is 12.2. The Morgan fingerprint density at radius 3 is 2.78 bits per heavy atom. The predicted octanol–water partition coefficient (Wildman–Crippen LogP) is 1.41. The molecule has 0 radical (unpaired) electrons. The number of nitro groups is 1. The molecule has 122 valence electrons. The molecule has 1 atom stereocenters. The number of benzene rings is 1. The first-order valence-electron chi connectivity index (χ1n) is 7.02. The summed E-state index contributed by atoms with van der Waals surface area (Å²) in [6, 6.07) is 7.27. The number of carbonyl (C=O) groups excluding carboxylic acids is 1. The Labute approximate surface area is 132 Å². The van der Waals surface area contributed by atoms with Crippen LogP contribution in [0.15, 0.2) is 24.3 Å². The van der Waals surface area contributed by atoms with Crippen molar-refractivity contribution in [2.75, 3.05) is 6.54 Å². The number of nitrogens with one attached hydrogen (secondary N) is 1. The molecule has 0 spiro atoms. The van der Waals surface area contributed by atoms with E-state index in [-0.39, 0.29) is 23.6 Å². The highest BCUT2D eigenvalue weighted by Gasteiger charge is 2.29. The molecular formula is C15H18N4O4. The number of rotatable bonds is 5. The van der Waals surface area contributed by atoms with Crippen molar-refractivity contribution in [3.63, 3.8) is 0 Å². The Bertz CT molecular complexity index is 754. The summed E-state index contributed by atoms with van der Waals surface area (Å²) in [4.78, 5) is 22.7. The van der Waals surface area contributed by atoms with E-state index in [1.54, 1.807) is 6.07 Å². The quantitative estimate of drug-likeness (QED) is 0.639. The Hall–Kier alpha value is -2.74. The molecule has 1 aromatic heterocycles. The van der Waals surface area contributed by atoms with Crippen molar-refractivity contribution in [3.8, 4) is 0 Å². The van der Waals surface area contributed by atoms with E-state index in [1.807, 2.05) is 25.1 Å². The van der Waals surface area contributed by atoms with Gasteiger partial charge in [0.2, 0.25) is 5.69 Å². The number of aromatic nitrogens is 2. The molecule has 0 aliphatic heterocycles. The van der Waals surface area contributed by atoms with Crippen LogP contribution in [0.4, 0.5) is 5.69 Å². The van der Waals surface area contributed by atoms with E-state index >= 15 is 0 Å². The number of amides is 1. The van der Waals surface area contributed by atoms with Gasteiger partial charge in [0.15, 0.2) is 0 Å². The zero-order valence-electron chi connectivity index (χ0n) is 13.1. The second-order valence-corrected chi connectivity index (χ2v) is 5.30. The van der Waals surface area contributed by atoms with Gasteiger partial charge in [-0.25, -0.2) is 0 Å². The number of aryl methyl sites for hydroxylation is 3. The Morgan fingerprint density at radius 2 is 2.17 bits per heavy atom. The molecule has 1 unspecified atom stereocenters. The van der Waals surface area contributed by atoms with Gasteiger partial charge in [-0.1, -0.05) is 29.8 Å². The van der Waals surface area contributed by atoms with Gasteiger partial charge in [0.05, 0.1) is 11.0 Å². The molecular weight excluding hydrogens is 300 g/mol.